The van der Waals surface area contributed by atoms with E-state index in [0.717, 1.165) is 6.42 Å². The van der Waals surface area contributed by atoms with Gasteiger partial charge in [-0.25, -0.2) is 0 Å². The molecule has 0 spiro atoms. The minimum Gasteiger partial charge on any atom is -0.351 e. The highest BCUT2D eigenvalue weighted by Crippen LogP contribution is 2.29. The molecule has 5 heteroatoms. The molecule has 3 nitrogen and oxygen atoms in total. The SMILES string of the molecule is CCCCNC(=O)C(F)(F)[C@@H](N)c1ccccc1. The van der Waals surface area contributed by atoms with Gasteiger partial charge in [0.05, 0.1) is 0 Å². The van der Waals surface area contributed by atoms with Crippen molar-refractivity contribution in [3.63, 3.8) is 0 Å². The van der Waals surface area contributed by atoms with E-state index in [2.05, 4.69) is 5.32 Å². The fourth-order valence-electron chi connectivity index (χ4n) is 1.51. The summed E-state index contributed by atoms with van der Waals surface area (Å²) in [5.41, 5.74) is 5.71. The number of halogens is 2. The molecule has 0 heterocycles. The van der Waals surface area contributed by atoms with Gasteiger partial charge in [0, 0.05) is 6.54 Å². The quantitative estimate of drug-likeness (QED) is 0.767. The molecule has 0 fully saturated rings. The van der Waals surface area contributed by atoms with E-state index in [-0.39, 0.29) is 12.1 Å². The summed E-state index contributed by atoms with van der Waals surface area (Å²) in [5.74, 6) is -4.91. The van der Waals surface area contributed by atoms with Crippen molar-refractivity contribution in [2.24, 2.45) is 5.73 Å². The van der Waals surface area contributed by atoms with Gasteiger partial charge in [-0.2, -0.15) is 8.78 Å². The molecule has 0 aromatic heterocycles. The predicted molar refractivity (Wildman–Crippen MR) is 66.2 cm³/mol. The second-order valence-corrected chi connectivity index (χ2v) is 4.12. The first-order valence-corrected chi connectivity index (χ1v) is 5.96. The zero-order chi connectivity index (χ0) is 13.6. The van der Waals surface area contributed by atoms with Crippen LogP contribution in [0.1, 0.15) is 31.4 Å². The molecular formula is C13H18F2N2O. The van der Waals surface area contributed by atoms with E-state index in [0.29, 0.717) is 6.42 Å². The van der Waals surface area contributed by atoms with Crippen molar-refractivity contribution in [1.82, 2.24) is 5.32 Å². The molecule has 0 unspecified atom stereocenters. The molecule has 0 radical (unpaired) electrons. The van der Waals surface area contributed by atoms with Gasteiger partial charge in [0.15, 0.2) is 0 Å². The molecular weight excluding hydrogens is 238 g/mol. The smallest absolute Gasteiger partial charge is 0.343 e. The summed E-state index contributed by atoms with van der Waals surface area (Å²) >= 11 is 0. The van der Waals surface area contributed by atoms with Crippen LogP contribution >= 0.6 is 0 Å². The Labute approximate surface area is 105 Å². The van der Waals surface area contributed by atoms with Gasteiger partial charge in [-0.15, -0.1) is 0 Å². The first-order chi connectivity index (χ1) is 8.50. The lowest BCUT2D eigenvalue weighted by Gasteiger charge is -2.22. The van der Waals surface area contributed by atoms with Gasteiger partial charge in [0.2, 0.25) is 0 Å². The summed E-state index contributed by atoms with van der Waals surface area (Å²) in [7, 11) is 0. The fraction of sp³-hybridized carbons (Fsp3) is 0.462. The topological polar surface area (TPSA) is 55.1 Å². The first kappa shape index (κ1) is 14.6. The Hall–Kier alpha value is -1.49. The van der Waals surface area contributed by atoms with Crippen molar-refractivity contribution < 1.29 is 13.6 Å². The summed E-state index contributed by atoms with van der Waals surface area (Å²) in [4.78, 5) is 11.4. The normalized spacial score (nSPS) is 13.1. The highest BCUT2D eigenvalue weighted by Gasteiger charge is 2.45. The number of hydrogen-bond acceptors (Lipinski definition) is 2. The maximum Gasteiger partial charge on any atom is 0.343 e. The predicted octanol–water partition coefficient (Wildman–Crippen LogP) is 2.24. The Bertz CT molecular complexity index is 382. The molecule has 0 saturated carbocycles. The molecule has 0 saturated heterocycles. The van der Waals surface area contributed by atoms with Gasteiger partial charge in [-0.1, -0.05) is 43.7 Å². The summed E-state index contributed by atoms with van der Waals surface area (Å²) in [6.07, 6.45) is 1.50. The average molecular weight is 256 g/mol. The van der Waals surface area contributed by atoms with Crippen LogP contribution in [0, 0.1) is 0 Å². The molecule has 1 atom stereocenters. The Morgan fingerprint density at radius 2 is 2.00 bits per heavy atom. The first-order valence-electron chi connectivity index (χ1n) is 5.96. The molecule has 100 valence electrons. The van der Waals surface area contributed by atoms with E-state index >= 15 is 0 Å². The number of benzene rings is 1. The van der Waals surface area contributed by atoms with Crippen LogP contribution in [0.5, 0.6) is 0 Å². The monoisotopic (exact) mass is 256 g/mol. The molecule has 3 N–H and O–H groups in total. The molecule has 0 bridgehead atoms. The lowest BCUT2D eigenvalue weighted by molar-refractivity contribution is -0.148. The summed E-state index contributed by atoms with van der Waals surface area (Å²) < 4.78 is 27.6. The number of unbranched alkanes of at least 4 members (excludes halogenated alkanes) is 1. The van der Waals surface area contributed by atoms with Crippen LogP contribution < -0.4 is 11.1 Å². The number of nitrogens with two attached hydrogens (primary N) is 1. The van der Waals surface area contributed by atoms with E-state index < -0.39 is 17.9 Å². The standard InChI is InChI=1S/C13H18F2N2O/c1-2-3-9-17-12(18)13(14,15)11(16)10-7-5-4-6-8-10/h4-8,11H,2-3,9,16H2,1H3,(H,17,18)/t11-/m0/s1. The molecule has 1 rings (SSSR count). The number of carbonyl (C=O) groups is 1. The minimum atomic E-state index is -3.60. The highest BCUT2D eigenvalue weighted by atomic mass is 19.3. The summed E-state index contributed by atoms with van der Waals surface area (Å²) in [5, 5.41) is 2.21. The third kappa shape index (κ3) is 3.50. The molecule has 1 amide bonds. The average Bonchev–Trinajstić information content (AvgIpc) is 2.39. The Kier molecular flexibility index (Phi) is 5.22. The van der Waals surface area contributed by atoms with E-state index in [1.165, 1.54) is 12.1 Å². The maximum absolute atomic E-state index is 13.8. The molecule has 0 aliphatic carbocycles. The number of amides is 1. The zero-order valence-corrected chi connectivity index (χ0v) is 10.3. The van der Waals surface area contributed by atoms with E-state index in [9.17, 15) is 13.6 Å². The van der Waals surface area contributed by atoms with Gasteiger partial charge >= 0.3 is 5.92 Å². The molecule has 1 aromatic carbocycles. The van der Waals surface area contributed by atoms with Crippen molar-refractivity contribution in [3.05, 3.63) is 35.9 Å². The number of hydrogen-bond donors (Lipinski definition) is 2. The summed E-state index contributed by atoms with van der Waals surface area (Å²) in [6, 6.07) is 6.27. The Morgan fingerprint density at radius 1 is 1.39 bits per heavy atom. The Balaban J connectivity index is 2.70. The Morgan fingerprint density at radius 3 is 2.56 bits per heavy atom. The molecule has 0 aliphatic heterocycles. The zero-order valence-electron chi connectivity index (χ0n) is 10.3. The second-order valence-electron chi connectivity index (χ2n) is 4.12. The van der Waals surface area contributed by atoms with Crippen LogP contribution in [0.2, 0.25) is 0 Å². The van der Waals surface area contributed by atoms with Crippen LogP contribution in [0.15, 0.2) is 30.3 Å². The third-order valence-corrected chi connectivity index (χ3v) is 2.67. The maximum atomic E-state index is 13.8. The van der Waals surface area contributed by atoms with Crippen LogP contribution in [0.4, 0.5) is 8.78 Å². The van der Waals surface area contributed by atoms with Gasteiger partial charge in [-0.3, -0.25) is 4.79 Å². The van der Waals surface area contributed by atoms with E-state index in [1.807, 2.05) is 6.92 Å². The van der Waals surface area contributed by atoms with Crippen molar-refractivity contribution in [1.29, 1.82) is 0 Å². The number of alkyl halides is 2. The third-order valence-electron chi connectivity index (χ3n) is 2.67. The van der Waals surface area contributed by atoms with Crippen molar-refractivity contribution >= 4 is 5.91 Å². The van der Waals surface area contributed by atoms with Crippen molar-refractivity contribution in [3.8, 4) is 0 Å². The molecule has 1 aromatic rings. The van der Waals surface area contributed by atoms with Crippen molar-refractivity contribution in [2.75, 3.05) is 6.54 Å². The highest BCUT2D eigenvalue weighted by molar-refractivity contribution is 5.84. The van der Waals surface area contributed by atoms with Gasteiger partial charge in [-0.05, 0) is 12.0 Å². The fourth-order valence-corrected chi connectivity index (χ4v) is 1.51. The minimum absolute atomic E-state index is 0.242. The van der Waals surface area contributed by atoms with Gasteiger partial charge in [0.25, 0.3) is 5.91 Å². The lowest BCUT2D eigenvalue weighted by atomic mass is 10.0. The largest absolute Gasteiger partial charge is 0.351 e. The van der Waals surface area contributed by atoms with Crippen molar-refractivity contribution in [2.45, 2.75) is 31.7 Å². The second kappa shape index (κ2) is 6.44. The van der Waals surface area contributed by atoms with Gasteiger partial charge in [0.1, 0.15) is 6.04 Å². The lowest BCUT2D eigenvalue weighted by Crippen LogP contribution is -2.47. The van der Waals surface area contributed by atoms with E-state index in [1.54, 1.807) is 18.2 Å². The molecule has 18 heavy (non-hydrogen) atoms. The van der Waals surface area contributed by atoms with Crippen LogP contribution in [-0.4, -0.2) is 18.4 Å². The van der Waals surface area contributed by atoms with Gasteiger partial charge < -0.3 is 11.1 Å². The van der Waals surface area contributed by atoms with Crippen LogP contribution in [0.3, 0.4) is 0 Å². The summed E-state index contributed by atoms with van der Waals surface area (Å²) in [6.45, 7) is 2.16. The van der Waals surface area contributed by atoms with Crippen LogP contribution in [0.25, 0.3) is 0 Å². The number of carbonyl (C=O) groups excluding carboxylic acids is 1. The van der Waals surface area contributed by atoms with E-state index in [4.69, 9.17) is 5.73 Å². The number of rotatable bonds is 6. The van der Waals surface area contributed by atoms with Crippen LogP contribution in [-0.2, 0) is 4.79 Å². The molecule has 0 aliphatic rings. The number of nitrogens with one attached hydrogen (secondary N) is 1.